The normalized spacial score (nSPS) is 17.4. The van der Waals surface area contributed by atoms with Crippen molar-refractivity contribution < 1.29 is 0 Å². The molecule has 0 aliphatic carbocycles. The van der Waals surface area contributed by atoms with E-state index in [1.165, 1.54) is 5.69 Å². The molecule has 3 heteroatoms. The van der Waals surface area contributed by atoms with Crippen molar-refractivity contribution in [1.29, 1.82) is 0 Å². The zero-order valence-electron chi connectivity index (χ0n) is 7.66. The van der Waals surface area contributed by atoms with Gasteiger partial charge in [0.25, 0.3) is 0 Å². The number of nitrogens with zero attached hydrogens (tertiary/aromatic N) is 1. The summed E-state index contributed by atoms with van der Waals surface area (Å²) in [5, 5.41) is 3.33. The van der Waals surface area contributed by atoms with Gasteiger partial charge < -0.3 is 10.2 Å². The van der Waals surface area contributed by atoms with Gasteiger partial charge in [-0.25, -0.2) is 0 Å². The standard InChI is InChI=1S/C10H13BN2/c11-9-1-3-10(4-2-9)13-7-5-12-6-8-13/h1-4,12H,5-8H2. The van der Waals surface area contributed by atoms with Gasteiger partial charge in [0.2, 0.25) is 0 Å². The van der Waals surface area contributed by atoms with E-state index in [9.17, 15) is 0 Å². The second-order valence-electron chi connectivity index (χ2n) is 3.33. The second kappa shape index (κ2) is 3.84. The number of benzene rings is 1. The predicted octanol–water partition coefficient (Wildman–Crippen LogP) is -0.110. The molecule has 0 spiro atoms. The predicted molar refractivity (Wildman–Crippen MR) is 56.9 cm³/mol. The zero-order valence-corrected chi connectivity index (χ0v) is 7.66. The summed E-state index contributed by atoms with van der Waals surface area (Å²) < 4.78 is 0. The van der Waals surface area contributed by atoms with Gasteiger partial charge in [-0.1, -0.05) is 17.6 Å². The topological polar surface area (TPSA) is 15.3 Å². The molecule has 1 saturated heterocycles. The van der Waals surface area contributed by atoms with Crippen LogP contribution in [0.1, 0.15) is 0 Å². The molecule has 0 aromatic heterocycles. The first kappa shape index (κ1) is 8.63. The van der Waals surface area contributed by atoms with Gasteiger partial charge in [0, 0.05) is 31.9 Å². The molecule has 1 N–H and O–H groups in total. The molecule has 1 heterocycles. The lowest BCUT2D eigenvalue weighted by molar-refractivity contribution is 0.589. The van der Waals surface area contributed by atoms with Crippen molar-refractivity contribution in [2.75, 3.05) is 31.1 Å². The minimum atomic E-state index is 0.832. The lowest BCUT2D eigenvalue weighted by Gasteiger charge is -2.29. The number of piperazine rings is 1. The maximum Gasteiger partial charge on any atom is 0.113 e. The number of hydrogen-bond donors (Lipinski definition) is 1. The van der Waals surface area contributed by atoms with Gasteiger partial charge in [0.1, 0.15) is 7.85 Å². The molecule has 0 amide bonds. The third kappa shape index (κ3) is 2.04. The molecule has 0 saturated carbocycles. The van der Waals surface area contributed by atoms with Crippen molar-refractivity contribution in [2.24, 2.45) is 0 Å². The number of anilines is 1. The second-order valence-corrected chi connectivity index (χ2v) is 3.33. The van der Waals surface area contributed by atoms with Gasteiger partial charge in [-0.05, 0) is 12.1 Å². The Morgan fingerprint density at radius 3 is 2.31 bits per heavy atom. The van der Waals surface area contributed by atoms with Crippen LogP contribution in [0.4, 0.5) is 5.69 Å². The van der Waals surface area contributed by atoms with Gasteiger partial charge >= 0.3 is 0 Å². The van der Waals surface area contributed by atoms with Crippen LogP contribution >= 0.6 is 0 Å². The lowest BCUT2D eigenvalue weighted by Crippen LogP contribution is -2.43. The summed E-state index contributed by atoms with van der Waals surface area (Å²) >= 11 is 0. The molecule has 1 aliphatic rings. The summed E-state index contributed by atoms with van der Waals surface area (Å²) in [6, 6.07) is 8.08. The van der Waals surface area contributed by atoms with Gasteiger partial charge in [-0.15, -0.1) is 0 Å². The number of hydrogen-bond acceptors (Lipinski definition) is 2. The van der Waals surface area contributed by atoms with Crippen molar-refractivity contribution >= 4 is 19.0 Å². The molecule has 0 unspecified atom stereocenters. The molecule has 13 heavy (non-hydrogen) atoms. The van der Waals surface area contributed by atoms with Gasteiger partial charge in [0.05, 0.1) is 0 Å². The first-order valence-corrected chi connectivity index (χ1v) is 4.67. The van der Waals surface area contributed by atoms with Crippen LogP contribution in [-0.2, 0) is 0 Å². The first-order valence-electron chi connectivity index (χ1n) is 4.67. The van der Waals surface area contributed by atoms with Crippen LogP contribution in [0.15, 0.2) is 24.3 Å². The molecule has 66 valence electrons. The SMILES string of the molecule is [B]c1ccc(N2CCNCC2)cc1. The molecular formula is C10H13BN2. The Morgan fingerprint density at radius 1 is 1.08 bits per heavy atom. The summed E-state index contributed by atoms with van der Waals surface area (Å²) in [6.45, 7) is 4.32. The third-order valence-corrected chi connectivity index (χ3v) is 2.38. The molecule has 2 nitrogen and oxygen atoms in total. The largest absolute Gasteiger partial charge is 0.369 e. The highest BCUT2D eigenvalue weighted by Crippen LogP contribution is 2.11. The van der Waals surface area contributed by atoms with Crippen molar-refractivity contribution in [2.45, 2.75) is 0 Å². The first-order chi connectivity index (χ1) is 6.36. The highest BCUT2D eigenvalue weighted by atomic mass is 15.2. The summed E-state index contributed by atoms with van der Waals surface area (Å²) in [7, 11) is 5.63. The van der Waals surface area contributed by atoms with E-state index >= 15 is 0 Å². The Labute approximate surface area is 80.3 Å². The highest BCUT2D eigenvalue weighted by molar-refractivity contribution is 6.32. The molecule has 1 fully saturated rings. The van der Waals surface area contributed by atoms with E-state index in [1.807, 2.05) is 12.1 Å². The summed E-state index contributed by atoms with van der Waals surface area (Å²) in [5.41, 5.74) is 2.11. The summed E-state index contributed by atoms with van der Waals surface area (Å²) in [4.78, 5) is 2.37. The van der Waals surface area contributed by atoms with Crippen LogP contribution in [0, 0.1) is 0 Å². The highest BCUT2D eigenvalue weighted by Gasteiger charge is 2.08. The summed E-state index contributed by atoms with van der Waals surface area (Å²) in [6.07, 6.45) is 0. The maximum absolute atomic E-state index is 5.63. The zero-order chi connectivity index (χ0) is 9.10. The van der Waals surface area contributed by atoms with Crippen molar-refractivity contribution in [3.8, 4) is 0 Å². The van der Waals surface area contributed by atoms with Crippen molar-refractivity contribution in [3.05, 3.63) is 24.3 Å². The monoisotopic (exact) mass is 172 g/mol. The molecular weight excluding hydrogens is 159 g/mol. The fraction of sp³-hybridized carbons (Fsp3) is 0.400. The summed E-state index contributed by atoms with van der Waals surface area (Å²) in [5.74, 6) is 0. The molecule has 1 aliphatic heterocycles. The number of rotatable bonds is 1. The molecule has 2 radical (unpaired) electrons. The molecule has 1 aromatic carbocycles. The molecule has 0 bridgehead atoms. The minimum Gasteiger partial charge on any atom is -0.369 e. The Bertz CT molecular complexity index is 265. The average Bonchev–Trinajstić information content (AvgIpc) is 2.20. The van der Waals surface area contributed by atoms with Crippen LogP contribution in [0.5, 0.6) is 0 Å². The lowest BCUT2D eigenvalue weighted by atomic mass is 9.96. The van der Waals surface area contributed by atoms with E-state index in [4.69, 9.17) is 7.85 Å². The Hall–Kier alpha value is -0.955. The van der Waals surface area contributed by atoms with Gasteiger partial charge in [0.15, 0.2) is 0 Å². The van der Waals surface area contributed by atoms with E-state index in [0.29, 0.717) is 0 Å². The van der Waals surface area contributed by atoms with Crippen LogP contribution in [-0.4, -0.2) is 34.0 Å². The van der Waals surface area contributed by atoms with E-state index < -0.39 is 0 Å². The fourth-order valence-electron chi connectivity index (χ4n) is 1.61. The molecule has 2 rings (SSSR count). The number of nitrogens with one attached hydrogen (secondary N) is 1. The van der Waals surface area contributed by atoms with Crippen LogP contribution in [0.2, 0.25) is 0 Å². The van der Waals surface area contributed by atoms with E-state index in [1.54, 1.807) is 0 Å². The molecule has 0 atom stereocenters. The fourth-order valence-corrected chi connectivity index (χ4v) is 1.61. The Kier molecular flexibility index (Phi) is 2.55. The third-order valence-electron chi connectivity index (χ3n) is 2.38. The Balaban J connectivity index is 2.10. The smallest absolute Gasteiger partial charge is 0.113 e. The van der Waals surface area contributed by atoms with Crippen molar-refractivity contribution in [1.82, 2.24) is 5.32 Å². The van der Waals surface area contributed by atoms with Crippen LogP contribution < -0.4 is 15.7 Å². The van der Waals surface area contributed by atoms with Crippen LogP contribution in [0.3, 0.4) is 0 Å². The minimum absolute atomic E-state index is 0.832. The Morgan fingerprint density at radius 2 is 1.69 bits per heavy atom. The molecule has 1 aromatic rings. The van der Waals surface area contributed by atoms with E-state index in [0.717, 1.165) is 31.6 Å². The average molecular weight is 172 g/mol. The van der Waals surface area contributed by atoms with Crippen LogP contribution in [0.25, 0.3) is 0 Å². The van der Waals surface area contributed by atoms with Gasteiger partial charge in [-0.2, -0.15) is 0 Å². The maximum atomic E-state index is 5.63. The quantitative estimate of drug-likeness (QED) is 0.594. The van der Waals surface area contributed by atoms with E-state index in [-0.39, 0.29) is 0 Å². The van der Waals surface area contributed by atoms with Gasteiger partial charge in [-0.3, -0.25) is 0 Å². The van der Waals surface area contributed by atoms with Crippen molar-refractivity contribution in [3.63, 3.8) is 0 Å². The van der Waals surface area contributed by atoms with E-state index in [2.05, 4.69) is 22.3 Å².